The molecule has 0 aromatic carbocycles. The molecule has 0 fully saturated rings. The van der Waals surface area contributed by atoms with Crippen LogP contribution in [0.4, 0.5) is 0 Å². The van der Waals surface area contributed by atoms with Gasteiger partial charge in [0.15, 0.2) is 0 Å². The van der Waals surface area contributed by atoms with Crippen molar-refractivity contribution in [3.8, 4) is 0 Å². The van der Waals surface area contributed by atoms with E-state index >= 15 is 0 Å². The molecule has 0 spiro atoms. The van der Waals surface area contributed by atoms with Gasteiger partial charge in [0.25, 0.3) is 0 Å². The Morgan fingerprint density at radius 2 is 0.952 bits per heavy atom. The smallest absolute Gasteiger partial charge is 0.0195 e. The van der Waals surface area contributed by atoms with Crippen LogP contribution in [0.25, 0.3) is 0 Å². The largest absolute Gasteiger partial charge is 0.333 e. The third-order valence-electron chi connectivity index (χ3n) is 2.16. The Balaban J connectivity index is -0.0000000474. The van der Waals surface area contributed by atoms with Crippen molar-refractivity contribution in [1.29, 1.82) is 0 Å². The summed E-state index contributed by atoms with van der Waals surface area (Å²) < 4.78 is 0. The minimum atomic E-state index is 1.02. The van der Waals surface area contributed by atoms with E-state index in [2.05, 4.69) is 52.8 Å². The van der Waals surface area contributed by atoms with Crippen LogP contribution in [0, 0.1) is 0 Å². The van der Waals surface area contributed by atoms with Gasteiger partial charge in [0, 0.05) is 0 Å². The lowest BCUT2D eigenvalue weighted by molar-refractivity contribution is 1.09. The molecule has 130 valence electrons. The Morgan fingerprint density at radius 1 is 0.714 bits per heavy atom. The summed E-state index contributed by atoms with van der Waals surface area (Å²) in [4.78, 5) is 0. The van der Waals surface area contributed by atoms with Crippen LogP contribution >= 0.6 is 0 Å². The maximum Gasteiger partial charge on any atom is -0.0195 e. The summed E-state index contributed by atoms with van der Waals surface area (Å²) in [6.07, 6.45) is 1.02. The quantitative estimate of drug-likeness (QED) is 0.428. The molecule has 2 N–H and O–H groups in total. The van der Waals surface area contributed by atoms with E-state index in [1.165, 1.54) is 23.8 Å². The van der Waals surface area contributed by atoms with E-state index in [9.17, 15) is 0 Å². The molecule has 0 aromatic rings. The van der Waals surface area contributed by atoms with Gasteiger partial charge >= 0.3 is 0 Å². The summed E-state index contributed by atoms with van der Waals surface area (Å²) in [6, 6.07) is 0. The number of allylic oxidation sites excluding steroid dienone is 4. The Bertz CT molecular complexity index is 222. The maximum absolute atomic E-state index is 4.50. The average Bonchev–Trinajstić information content (AvgIpc) is 2.61. The fourth-order valence-electron chi connectivity index (χ4n) is 0.850. The summed E-state index contributed by atoms with van der Waals surface area (Å²) in [6.45, 7) is 34.2. The zero-order valence-electron chi connectivity index (χ0n) is 17.1. The molecule has 0 rings (SSSR count). The van der Waals surface area contributed by atoms with Crippen molar-refractivity contribution in [3.63, 3.8) is 0 Å². The topological polar surface area (TPSA) is 26.0 Å². The molecule has 0 unspecified atom stereocenters. The minimum Gasteiger partial charge on any atom is -0.333 e. The van der Waals surface area contributed by atoms with Crippen molar-refractivity contribution in [2.75, 3.05) is 7.05 Å². The SMILES string of the molecule is C=C.C=C(C)/C(C)=C(/C)C(=C)CC.CC.CC.CC.CN. The van der Waals surface area contributed by atoms with Gasteiger partial charge in [0.1, 0.15) is 0 Å². The number of rotatable bonds is 3. The zero-order chi connectivity index (χ0) is 19.0. The highest BCUT2D eigenvalue weighted by atomic mass is 14.4. The molecule has 0 saturated carbocycles. The zero-order valence-corrected chi connectivity index (χ0v) is 17.1. The number of nitrogens with two attached hydrogens (primary N) is 1. The first-order valence-electron chi connectivity index (χ1n) is 8.10. The second kappa shape index (κ2) is 42.8. The first-order valence-corrected chi connectivity index (χ1v) is 8.10. The molecule has 0 saturated heterocycles. The van der Waals surface area contributed by atoms with Gasteiger partial charge in [-0.2, -0.15) is 0 Å². The number of hydrogen-bond donors (Lipinski definition) is 1. The van der Waals surface area contributed by atoms with E-state index in [1.807, 2.05) is 48.5 Å². The Morgan fingerprint density at radius 3 is 1.10 bits per heavy atom. The van der Waals surface area contributed by atoms with Crippen LogP contribution in [0.15, 0.2) is 48.6 Å². The van der Waals surface area contributed by atoms with Gasteiger partial charge in [0.05, 0.1) is 0 Å². The molecular formula is C20H45N. The van der Waals surface area contributed by atoms with E-state index in [0.29, 0.717) is 0 Å². The maximum atomic E-state index is 4.50. The summed E-state index contributed by atoms with van der Waals surface area (Å²) in [5.74, 6) is 0. The van der Waals surface area contributed by atoms with E-state index in [-0.39, 0.29) is 0 Å². The average molecular weight is 300 g/mol. The molecule has 21 heavy (non-hydrogen) atoms. The summed E-state index contributed by atoms with van der Waals surface area (Å²) in [5, 5.41) is 0. The van der Waals surface area contributed by atoms with Crippen LogP contribution in [0.5, 0.6) is 0 Å². The molecule has 0 heterocycles. The molecule has 0 bridgehead atoms. The van der Waals surface area contributed by atoms with E-state index in [0.717, 1.165) is 12.0 Å². The van der Waals surface area contributed by atoms with Crippen molar-refractivity contribution >= 4 is 0 Å². The Kier molecular flexibility index (Phi) is 74.9. The van der Waals surface area contributed by atoms with E-state index in [1.54, 1.807) is 0 Å². The van der Waals surface area contributed by atoms with Crippen molar-refractivity contribution in [1.82, 2.24) is 0 Å². The molecule has 0 aliphatic heterocycles. The van der Waals surface area contributed by atoms with Gasteiger partial charge in [-0.05, 0) is 45.4 Å². The van der Waals surface area contributed by atoms with Crippen LogP contribution in [0.1, 0.15) is 75.7 Å². The summed E-state index contributed by atoms with van der Waals surface area (Å²) in [7, 11) is 1.50. The molecule has 0 atom stereocenters. The summed E-state index contributed by atoms with van der Waals surface area (Å²) >= 11 is 0. The van der Waals surface area contributed by atoms with Crippen LogP contribution in [0.3, 0.4) is 0 Å². The first-order chi connectivity index (χ1) is 10.0. The van der Waals surface area contributed by atoms with Gasteiger partial charge in [-0.3, -0.25) is 0 Å². The van der Waals surface area contributed by atoms with Gasteiger partial charge in [0.2, 0.25) is 0 Å². The third kappa shape index (κ3) is 32.4. The standard InChI is InChI=1S/C11H18.3C2H6.C2H4.CH5N/c1-7-9(4)11(6)10(5)8(2)3;5*1-2/h2,4,7H2,1,3,5-6H3;3*1-2H3;1-2H2;2H2,1H3/b11-10-;;;;;. The normalized spacial score (nSPS) is 7.81. The van der Waals surface area contributed by atoms with Crippen LogP contribution in [0.2, 0.25) is 0 Å². The highest BCUT2D eigenvalue weighted by Crippen LogP contribution is 2.19. The first kappa shape index (κ1) is 36.8. The van der Waals surface area contributed by atoms with Gasteiger partial charge in [-0.15, -0.1) is 13.2 Å². The second-order valence-electron chi connectivity index (χ2n) is 2.99. The molecule has 0 radical (unpaired) electrons. The monoisotopic (exact) mass is 299 g/mol. The Hall–Kier alpha value is -1.08. The molecule has 1 heteroatoms. The van der Waals surface area contributed by atoms with Crippen LogP contribution < -0.4 is 5.73 Å². The van der Waals surface area contributed by atoms with Crippen molar-refractivity contribution in [2.24, 2.45) is 5.73 Å². The van der Waals surface area contributed by atoms with Crippen molar-refractivity contribution in [3.05, 3.63) is 48.6 Å². The molecule has 0 aliphatic carbocycles. The number of hydrogen-bond acceptors (Lipinski definition) is 1. The molecule has 0 aliphatic rings. The predicted octanol–water partition coefficient (Wildman–Crippen LogP) is 7.32. The van der Waals surface area contributed by atoms with Crippen LogP contribution in [-0.2, 0) is 0 Å². The molecular weight excluding hydrogens is 254 g/mol. The minimum absolute atomic E-state index is 1.02. The van der Waals surface area contributed by atoms with E-state index in [4.69, 9.17) is 0 Å². The lowest BCUT2D eigenvalue weighted by Crippen LogP contribution is -1.88. The van der Waals surface area contributed by atoms with Gasteiger partial charge in [-0.1, -0.05) is 72.8 Å². The molecule has 1 nitrogen and oxygen atoms in total. The molecule has 0 amide bonds. The van der Waals surface area contributed by atoms with Crippen molar-refractivity contribution < 1.29 is 0 Å². The fourth-order valence-corrected chi connectivity index (χ4v) is 0.850. The highest BCUT2D eigenvalue weighted by Gasteiger charge is 1.99. The fraction of sp³-hybridized carbons (Fsp3) is 0.600. The third-order valence-corrected chi connectivity index (χ3v) is 2.16. The second-order valence-corrected chi connectivity index (χ2v) is 2.99. The highest BCUT2D eigenvalue weighted by molar-refractivity contribution is 5.39. The van der Waals surface area contributed by atoms with Gasteiger partial charge < -0.3 is 5.73 Å². The van der Waals surface area contributed by atoms with Gasteiger partial charge in [-0.25, -0.2) is 0 Å². The van der Waals surface area contributed by atoms with E-state index < -0.39 is 0 Å². The lowest BCUT2D eigenvalue weighted by atomic mass is 9.98. The Labute approximate surface area is 137 Å². The van der Waals surface area contributed by atoms with Crippen LogP contribution in [-0.4, -0.2) is 7.05 Å². The summed E-state index contributed by atoms with van der Waals surface area (Å²) in [5.41, 5.74) is 9.42. The lowest BCUT2D eigenvalue weighted by Gasteiger charge is -2.08. The predicted molar refractivity (Wildman–Crippen MR) is 108 cm³/mol. The van der Waals surface area contributed by atoms with Crippen molar-refractivity contribution in [2.45, 2.75) is 75.7 Å². The molecule has 0 aromatic heterocycles.